The second kappa shape index (κ2) is 10.5. The Morgan fingerprint density at radius 1 is 1.10 bits per heavy atom. The fourth-order valence-corrected chi connectivity index (χ4v) is 3.57. The zero-order chi connectivity index (χ0) is 20.9. The number of nitrogens with one attached hydrogen (secondary N) is 1. The van der Waals surface area contributed by atoms with Crippen LogP contribution in [0.5, 0.6) is 0 Å². The number of hydrogen-bond acceptors (Lipinski definition) is 5. The number of piperazine rings is 1. The van der Waals surface area contributed by atoms with Gasteiger partial charge in [-0.25, -0.2) is 19.3 Å². The van der Waals surface area contributed by atoms with Crippen molar-refractivity contribution in [3.8, 4) is 5.69 Å². The highest BCUT2D eigenvalue weighted by Gasteiger charge is 2.21. The molecule has 1 fully saturated rings. The lowest BCUT2D eigenvalue weighted by Gasteiger charge is -2.36. The molecule has 1 aromatic carbocycles. The van der Waals surface area contributed by atoms with Gasteiger partial charge in [0.1, 0.15) is 11.6 Å². The minimum absolute atomic E-state index is 0. The molecular formula is C21H26FIN8. The molecule has 8 nitrogen and oxygen atoms in total. The Bertz CT molecular complexity index is 1020. The maximum Gasteiger partial charge on any atom is 0.225 e. The number of halogens is 2. The van der Waals surface area contributed by atoms with Crippen molar-refractivity contribution in [2.75, 3.05) is 38.1 Å². The first kappa shape index (κ1) is 22.9. The van der Waals surface area contributed by atoms with Gasteiger partial charge < -0.3 is 19.7 Å². The monoisotopic (exact) mass is 536 g/mol. The first-order valence-corrected chi connectivity index (χ1v) is 9.92. The normalized spacial score (nSPS) is 14.4. The molecule has 3 aromatic rings. The summed E-state index contributed by atoms with van der Waals surface area (Å²) in [6, 6.07) is 7.07. The highest BCUT2D eigenvalue weighted by Crippen LogP contribution is 2.17. The van der Waals surface area contributed by atoms with Crippen LogP contribution in [0.25, 0.3) is 5.69 Å². The molecule has 0 bridgehead atoms. The van der Waals surface area contributed by atoms with E-state index in [4.69, 9.17) is 0 Å². The highest BCUT2D eigenvalue weighted by molar-refractivity contribution is 14.0. The van der Waals surface area contributed by atoms with E-state index in [9.17, 15) is 4.39 Å². The molecular weight excluding hydrogens is 510 g/mol. The van der Waals surface area contributed by atoms with Gasteiger partial charge in [0, 0.05) is 64.6 Å². The predicted molar refractivity (Wildman–Crippen MR) is 130 cm³/mol. The first-order valence-electron chi connectivity index (χ1n) is 9.92. The van der Waals surface area contributed by atoms with Crippen LogP contribution in [0.2, 0.25) is 0 Å². The number of nitrogens with zero attached hydrogens (tertiary/aromatic N) is 7. The Labute approximate surface area is 198 Å². The van der Waals surface area contributed by atoms with E-state index in [2.05, 4.69) is 35.1 Å². The Morgan fingerprint density at radius 2 is 1.84 bits per heavy atom. The molecule has 31 heavy (non-hydrogen) atoms. The number of aliphatic imine (C=N–C) groups is 1. The van der Waals surface area contributed by atoms with Gasteiger partial charge in [-0.2, -0.15) is 0 Å². The third kappa shape index (κ3) is 5.30. The van der Waals surface area contributed by atoms with Gasteiger partial charge in [0.05, 0.1) is 5.69 Å². The lowest BCUT2D eigenvalue weighted by atomic mass is 10.2. The van der Waals surface area contributed by atoms with Crippen LogP contribution in [0.3, 0.4) is 0 Å². The molecule has 0 spiro atoms. The van der Waals surface area contributed by atoms with Gasteiger partial charge in [0.2, 0.25) is 5.95 Å². The minimum Gasteiger partial charge on any atom is -0.352 e. The topological polar surface area (TPSA) is 74.5 Å². The number of hydrogen-bond donors (Lipinski definition) is 1. The lowest BCUT2D eigenvalue weighted by Crippen LogP contribution is -2.52. The van der Waals surface area contributed by atoms with Crippen LogP contribution in [0, 0.1) is 12.7 Å². The van der Waals surface area contributed by atoms with Crippen LogP contribution in [0.4, 0.5) is 10.3 Å². The summed E-state index contributed by atoms with van der Waals surface area (Å²) in [4.78, 5) is 21.5. The maximum atomic E-state index is 14.6. The Morgan fingerprint density at radius 3 is 2.45 bits per heavy atom. The third-order valence-electron chi connectivity index (χ3n) is 5.17. The van der Waals surface area contributed by atoms with Crippen molar-refractivity contribution in [1.82, 2.24) is 29.7 Å². The largest absolute Gasteiger partial charge is 0.352 e. The molecule has 0 unspecified atom stereocenters. The molecule has 4 rings (SSSR count). The van der Waals surface area contributed by atoms with Gasteiger partial charge in [-0.3, -0.25) is 4.99 Å². The van der Waals surface area contributed by atoms with Crippen molar-refractivity contribution in [3.05, 3.63) is 66.3 Å². The van der Waals surface area contributed by atoms with Crippen molar-refractivity contribution in [2.45, 2.75) is 13.5 Å². The van der Waals surface area contributed by atoms with Crippen LogP contribution >= 0.6 is 24.0 Å². The lowest BCUT2D eigenvalue weighted by molar-refractivity contribution is 0.370. The Kier molecular flexibility index (Phi) is 7.77. The summed E-state index contributed by atoms with van der Waals surface area (Å²) >= 11 is 0. The maximum absolute atomic E-state index is 14.6. The van der Waals surface area contributed by atoms with E-state index >= 15 is 0 Å². The van der Waals surface area contributed by atoms with E-state index in [1.165, 1.54) is 0 Å². The van der Waals surface area contributed by atoms with Gasteiger partial charge in [-0.15, -0.1) is 24.0 Å². The Balaban J connectivity index is 0.00000272. The van der Waals surface area contributed by atoms with E-state index in [1.807, 2.05) is 19.1 Å². The average Bonchev–Trinajstić information content (AvgIpc) is 3.21. The molecule has 0 aliphatic carbocycles. The van der Waals surface area contributed by atoms with Gasteiger partial charge in [-0.05, 0) is 30.7 Å². The number of anilines is 1. The summed E-state index contributed by atoms with van der Waals surface area (Å²) in [6.45, 7) is 5.60. The zero-order valence-corrected chi connectivity index (χ0v) is 19.9. The second-order valence-electron chi connectivity index (χ2n) is 7.05. The molecule has 0 radical (unpaired) electrons. The van der Waals surface area contributed by atoms with Crippen LogP contribution < -0.4 is 10.2 Å². The number of aryl methyl sites for hydroxylation is 1. The fourth-order valence-electron chi connectivity index (χ4n) is 3.57. The van der Waals surface area contributed by atoms with E-state index in [0.717, 1.165) is 49.5 Å². The SMILES string of the molecule is CN=C(NCc1ccc(-n2ccnc2C)c(F)c1)N1CCN(c2ncccn2)CC1.I. The number of aromatic nitrogens is 4. The standard InChI is InChI=1S/C21H25FN8.HI/c1-16-24-8-9-30(16)19-5-4-17(14-18(19)22)15-27-20(23-2)28-10-12-29(13-11-28)21-25-6-3-7-26-21;/h3-9,14H,10-13,15H2,1-2H3,(H,23,27);1H. The highest BCUT2D eigenvalue weighted by atomic mass is 127. The third-order valence-corrected chi connectivity index (χ3v) is 5.17. The molecule has 0 saturated carbocycles. The molecule has 10 heteroatoms. The average molecular weight is 536 g/mol. The number of rotatable bonds is 4. The Hall–Kier alpha value is -2.76. The summed E-state index contributed by atoms with van der Waals surface area (Å²) in [5, 5.41) is 3.34. The van der Waals surface area contributed by atoms with Crippen molar-refractivity contribution in [1.29, 1.82) is 0 Å². The molecule has 3 heterocycles. The molecule has 0 amide bonds. The van der Waals surface area contributed by atoms with Crippen LogP contribution in [-0.2, 0) is 6.54 Å². The van der Waals surface area contributed by atoms with E-state index in [1.54, 1.807) is 48.5 Å². The molecule has 1 aliphatic heterocycles. The molecule has 2 aromatic heterocycles. The number of guanidine groups is 1. The molecule has 1 N–H and O–H groups in total. The molecule has 0 atom stereocenters. The van der Waals surface area contributed by atoms with Crippen molar-refractivity contribution in [3.63, 3.8) is 0 Å². The minimum atomic E-state index is -0.276. The summed E-state index contributed by atoms with van der Waals surface area (Å²) in [5.41, 5.74) is 1.35. The smallest absolute Gasteiger partial charge is 0.225 e. The van der Waals surface area contributed by atoms with Crippen LogP contribution in [0.15, 0.2) is 54.0 Å². The van der Waals surface area contributed by atoms with Gasteiger partial charge in [0.15, 0.2) is 5.96 Å². The number of imidazole rings is 1. The van der Waals surface area contributed by atoms with Crippen molar-refractivity contribution in [2.24, 2.45) is 4.99 Å². The summed E-state index contributed by atoms with van der Waals surface area (Å²) in [7, 11) is 1.76. The molecule has 164 valence electrons. The zero-order valence-electron chi connectivity index (χ0n) is 17.6. The van der Waals surface area contributed by atoms with Crippen LogP contribution in [-0.4, -0.2) is 63.6 Å². The van der Waals surface area contributed by atoms with Crippen molar-refractivity contribution < 1.29 is 4.39 Å². The molecule has 1 aliphatic rings. The molecule has 1 saturated heterocycles. The van der Waals surface area contributed by atoms with Gasteiger partial charge in [0.25, 0.3) is 0 Å². The summed E-state index contributed by atoms with van der Waals surface area (Å²) in [6.07, 6.45) is 6.94. The van der Waals surface area contributed by atoms with E-state index in [0.29, 0.717) is 12.2 Å². The van der Waals surface area contributed by atoms with Gasteiger partial charge in [-0.1, -0.05) is 6.07 Å². The summed E-state index contributed by atoms with van der Waals surface area (Å²) in [5.74, 6) is 2.03. The first-order chi connectivity index (χ1) is 14.7. The summed E-state index contributed by atoms with van der Waals surface area (Å²) < 4.78 is 16.4. The van der Waals surface area contributed by atoms with Gasteiger partial charge >= 0.3 is 0 Å². The van der Waals surface area contributed by atoms with Crippen LogP contribution in [0.1, 0.15) is 11.4 Å². The van der Waals surface area contributed by atoms with Crippen molar-refractivity contribution >= 4 is 35.9 Å². The van der Waals surface area contributed by atoms with E-state index < -0.39 is 0 Å². The van der Waals surface area contributed by atoms with E-state index in [-0.39, 0.29) is 29.8 Å². The number of benzene rings is 1. The predicted octanol–water partition coefficient (Wildman–Crippen LogP) is 2.63. The second-order valence-corrected chi connectivity index (χ2v) is 7.05. The fraction of sp³-hybridized carbons (Fsp3) is 0.333. The quantitative estimate of drug-likeness (QED) is 0.314.